The van der Waals surface area contributed by atoms with Crippen molar-refractivity contribution >= 4 is 0 Å². The Kier molecular flexibility index (Phi) is 3.55. The molecule has 2 nitrogen and oxygen atoms in total. The summed E-state index contributed by atoms with van der Waals surface area (Å²) in [7, 11) is 0. The first kappa shape index (κ1) is 12.6. The maximum Gasteiger partial charge on any atom is 0.0636 e. The highest BCUT2D eigenvalue weighted by Crippen LogP contribution is 2.52. The van der Waals surface area contributed by atoms with E-state index in [1.165, 1.54) is 12.0 Å². The maximum absolute atomic E-state index is 9.31. The van der Waals surface area contributed by atoms with E-state index in [4.69, 9.17) is 0 Å². The lowest BCUT2D eigenvalue weighted by Gasteiger charge is -2.53. The van der Waals surface area contributed by atoms with Crippen molar-refractivity contribution in [1.82, 2.24) is 5.32 Å². The van der Waals surface area contributed by atoms with Gasteiger partial charge in [0, 0.05) is 12.6 Å². The molecule has 0 spiro atoms. The minimum atomic E-state index is -0.262. The van der Waals surface area contributed by atoms with E-state index >= 15 is 0 Å². The van der Waals surface area contributed by atoms with Gasteiger partial charge in [-0.1, -0.05) is 44.2 Å². The fourth-order valence-electron chi connectivity index (χ4n) is 2.84. The van der Waals surface area contributed by atoms with Gasteiger partial charge in [0.05, 0.1) is 6.10 Å². The van der Waals surface area contributed by atoms with E-state index in [1.807, 2.05) is 6.92 Å². The molecule has 1 aromatic carbocycles. The Morgan fingerprint density at radius 1 is 1.35 bits per heavy atom. The van der Waals surface area contributed by atoms with Gasteiger partial charge >= 0.3 is 0 Å². The van der Waals surface area contributed by atoms with Crippen molar-refractivity contribution < 1.29 is 5.11 Å². The number of aliphatic hydroxyl groups excluding tert-OH is 1. The summed E-state index contributed by atoms with van der Waals surface area (Å²) >= 11 is 0. The van der Waals surface area contributed by atoms with Crippen LogP contribution < -0.4 is 5.32 Å². The molecule has 1 fully saturated rings. The molecular formula is C15H23NO. The van der Waals surface area contributed by atoms with Crippen LogP contribution in [-0.4, -0.2) is 23.8 Å². The number of nitrogens with one attached hydrogen (secondary N) is 1. The molecule has 1 aliphatic carbocycles. The van der Waals surface area contributed by atoms with Crippen LogP contribution in [0.3, 0.4) is 0 Å². The van der Waals surface area contributed by atoms with Crippen LogP contribution in [0, 0.1) is 5.41 Å². The zero-order valence-corrected chi connectivity index (χ0v) is 11.0. The first-order valence-corrected chi connectivity index (χ1v) is 6.48. The molecule has 1 aliphatic rings. The molecule has 0 unspecified atom stereocenters. The van der Waals surface area contributed by atoms with Crippen molar-refractivity contribution in [2.24, 2.45) is 5.41 Å². The third-order valence-electron chi connectivity index (χ3n) is 4.13. The largest absolute Gasteiger partial charge is 0.392 e. The lowest BCUT2D eigenvalue weighted by Crippen LogP contribution is -2.56. The molecule has 0 bridgehead atoms. The standard InChI is InChI=1S/C15H23NO/c1-11(17)10-16-14-9-13(15(14,2)3)12-7-5-4-6-8-12/h4-8,11,13-14,16-17H,9-10H2,1-3H3/t11-,13+,14+/m0/s1. The fraction of sp³-hybridized carbons (Fsp3) is 0.600. The Morgan fingerprint density at radius 2 is 2.00 bits per heavy atom. The molecule has 0 aliphatic heterocycles. The van der Waals surface area contributed by atoms with Gasteiger partial charge in [-0.15, -0.1) is 0 Å². The molecule has 2 N–H and O–H groups in total. The monoisotopic (exact) mass is 233 g/mol. The smallest absolute Gasteiger partial charge is 0.0636 e. The Morgan fingerprint density at radius 3 is 2.53 bits per heavy atom. The van der Waals surface area contributed by atoms with Crippen molar-refractivity contribution in [3.8, 4) is 0 Å². The molecule has 0 radical (unpaired) electrons. The van der Waals surface area contributed by atoms with E-state index in [0.717, 1.165) is 0 Å². The van der Waals surface area contributed by atoms with Crippen LogP contribution >= 0.6 is 0 Å². The normalized spacial score (nSPS) is 28.5. The van der Waals surface area contributed by atoms with Gasteiger partial charge in [0.1, 0.15) is 0 Å². The van der Waals surface area contributed by atoms with E-state index < -0.39 is 0 Å². The maximum atomic E-state index is 9.31. The molecule has 0 amide bonds. The second-order valence-electron chi connectivity index (χ2n) is 5.83. The van der Waals surface area contributed by atoms with Gasteiger partial charge in [0.25, 0.3) is 0 Å². The predicted molar refractivity (Wildman–Crippen MR) is 71.1 cm³/mol. The number of benzene rings is 1. The highest BCUT2D eigenvalue weighted by Gasteiger charge is 2.48. The zero-order chi connectivity index (χ0) is 12.5. The summed E-state index contributed by atoms with van der Waals surface area (Å²) in [5.74, 6) is 0.634. The summed E-state index contributed by atoms with van der Waals surface area (Å²) < 4.78 is 0. The van der Waals surface area contributed by atoms with Crippen molar-refractivity contribution in [1.29, 1.82) is 0 Å². The Bertz CT molecular complexity index is 358. The van der Waals surface area contributed by atoms with Crippen molar-refractivity contribution in [2.45, 2.75) is 45.3 Å². The minimum Gasteiger partial charge on any atom is -0.392 e. The molecule has 2 heteroatoms. The molecule has 3 atom stereocenters. The predicted octanol–water partition coefficient (Wildman–Crippen LogP) is 2.54. The van der Waals surface area contributed by atoms with Crippen LogP contribution in [-0.2, 0) is 0 Å². The molecular weight excluding hydrogens is 210 g/mol. The van der Waals surface area contributed by atoms with E-state index in [1.54, 1.807) is 0 Å². The zero-order valence-electron chi connectivity index (χ0n) is 11.0. The van der Waals surface area contributed by atoms with Gasteiger partial charge < -0.3 is 10.4 Å². The van der Waals surface area contributed by atoms with Crippen molar-refractivity contribution in [2.75, 3.05) is 6.54 Å². The van der Waals surface area contributed by atoms with E-state index in [0.29, 0.717) is 18.5 Å². The highest BCUT2D eigenvalue weighted by atomic mass is 16.3. The summed E-state index contributed by atoms with van der Waals surface area (Å²) in [6.07, 6.45) is 0.908. The molecule has 2 rings (SSSR count). The van der Waals surface area contributed by atoms with Crippen LogP contribution in [0.1, 0.15) is 38.7 Å². The molecule has 0 aromatic heterocycles. The highest BCUT2D eigenvalue weighted by molar-refractivity contribution is 5.27. The SMILES string of the molecule is C[C@H](O)CN[C@@H]1C[C@H](c2ccccc2)C1(C)C. The quantitative estimate of drug-likeness (QED) is 0.837. The third-order valence-corrected chi connectivity index (χ3v) is 4.13. The summed E-state index contributed by atoms with van der Waals surface area (Å²) in [5.41, 5.74) is 1.71. The molecule has 0 saturated heterocycles. The van der Waals surface area contributed by atoms with Crippen LogP contribution in [0.15, 0.2) is 30.3 Å². The van der Waals surface area contributed by atoms with Crippen LogP contribution in [0.5, 0.6) is 0 Å². The van der Waals surface area contributed by atoms with E-state index in [2.05, 4.69) is 49.5 Å². The molecule has 1 aromatic rings. The molecule has 1 saturated carbocycles. The van der Waals surface area contributed by atoms with Gasteiger partial charge in [-0.05, 0) is 30.2 Å². The van der Waals surface area contributed by atoms with Crippen molar-refractivity contribution in [3.63, 3.8) is 0 Å². The van der Waals surface area contributed by atoms with Gasteiger partial charge in [0.2, 0.25) is 0 Å². The average molecular weight is 233 g/mol. The van der Waals surface area contributed by atoms with Gasteiger partial charge in [-0.25, -0.2) is 0 Å². The average Bonchev–Trinajstić information content (AvgIpc) is 2.28. The number of hydrogen-bond acceptors (Lipinski definition) is 2. The first-order valence-electron chi connectivity index (χ1n) is 6.48. The number of rotatable bonds is 4. The Balaban J connectivity index is 1.98. The van der Waals surface area contributed by atoms with Crippen LogP contribution in [0.25, 0.3) is 0 Å². The Hall–Kier alpha value is -0.860. The fourth-order valence-corrected chi connectivity index (χ4v) is 2.84. The first-order chi connectivity index (χ1) is 8.01. The minimum absolute atomic E-state index is 0.262. The molecule has 0 heterocycles. The number of aliphatic hydroxyl groups is 1. The molecule has 17 heavy (non-hydrogen) atoms. The summed E-state index contributed by atoms with van der Waals surface area (Å²) in [4.78, 5) is 0. The van der Waals surface area contributed by atoms with Gasteiger partial charge in [0.15, 0.2) is 0 Å². The topological polar surface area (TPSA) is 32.3 Å². The van der Waals surface area contributed by atoms with Crippen LogP contribution in [0.2, 0.25) is 0 Å². The second kappa shape index (κ2) is 4.79. The van der Waals surface area contributed by atoms with E-state index in [-0.39, 0.29) is 11.5 Å². The number of hydrogen-bond donors (Lipinski definition) is 2. The molecule has 94 valence electrons. The van der Waals surface area contributed by atoms with Crippen LogP contribution in [0.4, 0.5) is 0 Å². The second-order valence-corrected chi connectivity index (χ2v) is 5.83. The summed E-state index contributed by atoms with van der Waals surface area (Å²) in [5, 5.41) is 12.8. The van der Waals surface area contributed by atoms with E-state index in [9.17, 15) is 5.11 Å². The summed E-state index contributed by atoms with van der Waals surface area (Å²) in [6.45, 7) is 7.14. The third kappa shape index (κ3) is 2.53. The lowest BCUT2D eigenvalue weighted by molar-refractivity contribution is 0.0579. The lowest BCUT2D eigenvalue weighted by atomic mass is 9.56. The van der Waals surface area contributed by atoms with Crippen molar-refractivity contribution in [3.05, 3.63) is 35.9 Å². The van der Waals surface area contributed by atoms with Gasteiger partial charge in [-0.2, -0.15) is 0 Å². The van der Waals surface area contributed by atoms with Gasteiger partial charge in [-0.3, -0.25) is 0 Å². The summed E-state index contributed by atoms with van der Waals surface area (Å²) in [6, 6.07) is 11.2. The Labute approximate surface area is 104 Å².